The molecule has 1 saturated carbocycles. The molecule has 1 aromatic heterocycles. The number of hydrogen-bond donors (Lipinski definition) is 1. The number of thiazole rings is 1. The molecule has 1 aromatic rings. The van der Waals surface area contributed by atoms with Gasteiger partial charge in [-0.25, -0.2) is 4.98 Å². The van der Waals surface area contributed by atoms with Crippen molar-refractivity contribution in [2.45, 2.75) is 50.4 Å². The summed E-state index contributed by atoms with van der Waals surface area (Å²) in [6.07, 6.45) is 5.92. The van der Waals surface area contributed by atoms with E-state index in [4.69, 9.17) is 0 Å². The van der Waals surface area contributed by atoms with Crippen LogP contribution in [0, 0.1) is 0 Å². The van der Waals surface area contributed by atoms with Crippen molar-refractivity contribution in [3.8, 4) is 0 Å². The van der Waals surface area contributed by atoms with E-state index in [1.807, 2.05) is 6.20 Å². The Kier molecular flexibility index (Phi) is 4.67. The van der Waals surface area contributed by atoms with Gasteiger partial charge >= 0.3 is 0 Å². The van der Waals surface area contributed by atoms with Crippen molar-refractivity contribution in [1.82, 2.24) is 10.3 Å². The Bertz CT molecular complexity index is 300. The van der Waals surface area contributed by atoms with E-state index in [-0.39, 0.29) is 0 Å². The molecular weight excluding hydrogens is 236 g/mol. The van der Waals surface area contributed by atoms with Crippen LogP contribution in [0.2, 0.25) is 0 Å². The topological polar surface area (TPSA) is 24.9 Å². The first kappa shape index (κ1) is 12.4. The van der Waals surface area contributed by atoms with Gasteiger partial charge < -0.3 is 5.32 Å². The van der Waals surface area contributed by atoms with Crippen LogP contribution >= 0.6 is 23.1 Å². The molecule has 4 heteroatoms. The van der Waals surface area contributed by atoms with Gasteiger partial charge in [0.25, 0.3) is 0 Å². The second kappa shape index (κ2) is 6.03. The third-order valence-electron chi connectivity index (χ3n) is 3.09. The Labute approximate surface area is 106 Å². The van der Waals surface area contributed by atoms with E-state index in [0.717, 1.165) is 5.25 Å². The lowest BCUT2D eigenvalue weighted by Crippen LogP contribution is -2.29. The summed E-state index contributed by atoms with van der Waals surface area (Å²) in [5, 5.41) is 7.85. The third kappa shape index (κ3) is 3.22. The smallest absolute Gasteiger partial charge is 0.109 e. The lowest BCUT2D eigenvalue weighted by atomic mass is 10.2. The minimum absolute atomic E-state index is 0.412. The van der Waals surface area contributed by atoms with Gasteiger partial charge in [-0.1, -0.05) is 6.92 Å². The monoisotopic (exact) mass is 256 g/mol. The first-order valence-electron chi connectivity index (χ1n) is 6.06. The summed E-state index contributed by atoms with van der Waals surface area (Å²) < 4.78 is 0. The molecule has 0 aliphatic heterocycles. The molecule has 0 radical (unpaired) electrons. The van der Waals surface area contributed by atoms with Gasteiger partial charge in [0.05, 0.1) is 6.04 Å². The summed E-state index contributed by atoms with van der Waals surface area (Å²) in [6, 6.07) is 1.11. The first-order chi connectivity index (χ1) is 7.79. The predicted molar refractivity (Wildman–Crippen MR) is 73.2 cm³/mol. The normalized spacial score (nSPS) is 27.1. The van der Waals surface area contributed by atoms with E-state index < -0.39 is 0 Å². The van der Waals surface area contributed by atoms with E-state index in [9.17, 15) is 0 Å². The summed E-state index contributed by atoms with van der Waals surface area (Å²) in [5.41, 5.74) is 0. The Morgan fingerprint density at radius 3 is 3.19 bits per heavy atom. The molecule has 1 heterocycles. The number of thioether (sulfide) groups is 1. The van der Waals surface area contributed by atoms with Crippen LogP contribution < -0.4 is 5.32 Å². The molecule has 2 rings (SSSR count). The van der Waals surface area contributed by atoms with Crippen LogP contribution in [-0.2, 0) is 0 Å². The molecule has 1 aliphatic carbocycles. The Balaban J connectivity index is 1.78. The molecule has 1 N–H and O–H groups in total. The number of aromatic nitrogens is 1. The SMILES string of the molecule is CCSC1CCC(NC(C)c2nccs2)C1. The number of nitrogens with zero attached hydrogens (tertiary/aromatic N) is 1. The van der Waals surface area contributed by atoms with E-state index in [1.165, 1.54) is 30.0 Å². The van der Waals surface area contributed by atoms with Crippen molar-refractivity contribution in [3.63, 3.8) is 0 Å². The highest BCUT2D eigenvalue weighted by molar-refractivity contribution is 7.99. The van der Waals surface area contributed by atoms with Gasteiger partial charge in [-0.05, 0) is 31.9 Å². The minimum Gasteiger partial charge on any atom is -0.305 e. The molecule has 1 aliphatic rings. The molecule has 90 valence electrons. The van der Waals surface area contributed by atoms with E-state index in [1.54, 1.807) is 11.3 Å². The van der Waals surface area contributed by atoms with Crippen molar-refractivity contribution in [1.29, 1.82) is 0 Å². The van der Waals surface area contributed by atoms with Gasteiger partial charge in [-0.3, -0.25) is 0 Å². The van der Waals surface area contributed by atoms with E-state index >= 15 is 0 Å². The average Bonchev–Trinajstić information content (AvgIpc) is 2.89. The zero-order valence-corrected chi connectivity index (χ0v) is 11.6. The molecular formula is C12H20N2S2. The highest BCUT2D eigenvalue weighted by atomic mass is 32.2. The quantitative estimate of drug-likeness (QED) is 0.873. The highest BCUT2D eigenvalue weighted by Crippen LogP contribution is 2.31. The van der Waals surface area contributed by atoms with E-state index in [0.29, 0.717) is 12.1 Å². The summed E-state index contributed by atoms with van der Waals surface area (Å²) in [6.45, 7) is 4.47. The summed E-state index contributed by atoms with van der Waals surface area (Å²) in [5.74, 6) is 1.25. The van der Waals surface area contributed by atoms with Crippen LogP contribution in [0.3, 0.4) is 0 Å². The van der Waals surface area contributed by atoms with Crippen LogP contribution in [-0.4, -0.2) is 22.0 Å². The number of hydrogen-bond acceptors (Lipinski definition) is 4. The van der Waals surface area contributed by atoms with Gasteiger partial charge in [-0.15, -0.1) is 11.3 Å². The summed E-state index contributed by atoms with van der Waals surface area (Å²) >= 11 is 3.86. The van der Waals surface area contributed by atoms with Crippen molar-refractivity contribution < 1.29 is 0 Å². The lowest BCUT2D eigenvalue weighted by molar-refractivity contribution is 0.461. The summed E-state index contributed by atoms with van der Waals surface area (Å²) in [4.78, 5) is 4.36. The van der Waals surface area contributed by atoms with Crippen molar-refractivity contribution >= 4 is 23.1 Å². The molecule has 2 nitrogen and oxygen atoms in total. The maximum atomic E-state index is 4.36. The number of rotatable bonds is 5. The fourth-order valence-electron chi connectivity index (χ4n) is 2.35. The van der Waals surface area contributed by atoms with Crippen molar-refractivity contribution in [3.05, 3.63) is 16.6 Å². The second-order valence-corrected chi connectivity index (χ2v) is 6.85. The van der Waals surface area contributed by atoms with Gasteiger partial charge in [-0.2, -0.15) is 11.8 Å². The zero-order valence-electron chi connectivity index (χ0n) is 9.98. The Hall–Kier alpha value is -0.0600. The van der Waals surface area contributed by atoms with Crippen LogP contribution in [0.15, 0.2) is 11.6 Å². The molecule has 0 aromatic carbocycles. The standard InChI is InChI=1S/C12H20N2S2/c1-3-15-11-5-4-10(8-11)14-9(2)12-13-6-7-16-12/h6-7,9-11,14H,3-5,8H2,1-2H3. The molecule has 3 unspecified atom stereocenters. The molecule has 0 saturated heterocycles. The lowest BCUT2D eigenvalue weighted by Gasteiger charge is -2.17. The highest BCUT2D eigenvalue weighted by Gasteiger charge is 2.25. The van der Waals surface area contributed by atoms with Gasteiger partial charge in [0, 0.05) is 22.9 Å². The Morgan fingerprint density at radius 2 is 2.50 bits per heavy atom. The largest absolute Gasteiger partial charge is 0.305 e. The van der Waals surface area contributed by atoms with Gasteiger partial charge in [0.2, 0.25) is 0 Å². The Morgan fingerprint density at radius 1 is 1.62 bits per heavy atom. The van der Waals surface area contributed by atoms with Crippen LogP contribution in [0.5, 0.6) is 0 Å². The molecule has 3 atom stereocenters. The first-order valence-corrected chi connectivity index (χ1v) is 7.99. The second-order valence-electron chi connectivity index (χ2n) is 4.35. The molecule has 0 amide bonds. The summed E-state index contributed by atoms with van der Waals surface area (Å²) in [7, 11) is 0. The fraction of sp³-hybridized carbons (Fsp3) is 0.750. The minimum atomic E-state index is 0.412. The molecule has 0 bridgehead atoms. The predicted octanol–water partition coefficient (Wildman–Crippen LogP) is 3.47. The maximum Gasteiger partial charge on any atom is 0.109 e. The average molecular weight is 256 g/mol. The molecule has 1 fully saturated rings. The van der Waals surface area contributed by atoms with Gasteiger partial charge in [0.1, 0.15) is 5.01 Å². The van der Waals surface area contributed by atoms with Gasteiger partial charge in [0.15, 0.2) is 0 Å². The van der Waals surface area contributed by atoms with Crippen LogP contribution in [0.1, 0.15) is 44.2 Å². The van der Waals surface area contributed by atoms with Crippen molar-refractivity contribution in [2.75, 3.05) is 5.75 Å². The fourth-order valence-corrected chi connectivity index (χ4v) is 4.15. The van der Waals surface area contributed by atoms with Crippen LogP contribution in [0.4, 0.5) is 0 Å². The maximum absolute atomic E-state index is 4.36. The van der Waals surface area contributed by atoms with E-state index in [2.05, 4.69) is 41.3 Å². The van der Waals surface area contributed by atoms with Crippen LogP contribution in [0.25, 0.3) is 0 Å². The van der Waals surface area contributed by atoms with Crippen molar-refractivity contribution in [2.24, 2.45) is 0 Å². The number of nitrogens with one attached hydrogen (secondary N) is 1. The third-order valence-corrected chi connectivity index (χ3v) is 5.29. The molecule has 16 heavy (non-hydrogen) atoms. The zero-order chi connectivity index (χ0) is 11.4. The molecule has 0 spiro atoms.